The monoisotopic (exact) mass is 342 g/mol. The van der Waals surface area contributed by atoms with Crippen LogP contribution in [0.5, 0.6) is 0 Å². The number of hydrogen-bond donors (Lipinski definition) is 1. The van der Waals surface area contributed by atoms with Crippen LogP contribution in [-0.2, 0) is 16.6 Å². The summed E-state index contributed by atoms with van der Waals surface area (Å²) in [6.45, 7) is 4.03. The van der Waals surface area contributed by atoms with Crippen molar-refractivity contribution in [1.29, 1.82) is 0 Å². The Morgan fingerprint density at radius 2 is 1.88 bits per heavy atom. The molecule has 6 nitrogen and oxygen atoms in total. The molecule has 0 bridgehead atoms. The third kappa shape index (κ3) is 3.52. The molecule has 0 amide bonds. The maximum absolute atomic E-state index is 12.4. The van der Waals surface area contributed by atoms with Crippen LogP contribution in [0.3, 0.4) is 0 Å². The van der Waals surface area contributed by atoms with Crippen molar-refractivity contribution in [2.45, 2.75) is 25.3 Å². The van der Waals surface area contributed by atoms with Gasteiger partial charge in [0, 0.05) is 6.20 Å². The van der Waals surface area contributed by atoms with Crippen molar-refractivity contribution in [2.24, 2.45) is 0 Å². The van der Waals surface area contributed by atoms with Gasteiger partial charge >= 0.3 is 0 Å². The maximum Gasteiger partial charge on any atom is 0.244 e. The van der Waals surface area contributed by atoms with Crippen molar-refractivity contribution in [3.05, 3.63) is 71.8 Å². The lowest BCUT2D eigenvalue weighted by atomic mass is 10.2. The first kappa shape index (κ1) is 16.4. The summed E-state index contributed by atoms with van der Waals surface area (Å²) in [6, 6.07) is 11.4. The van der Waals surface area contributed by atoms with Gasteiger partial charge in [-0.25, -0.2) is 17.8 Å². The van der Waals surface area contributed by atoms with Crippen LogP contribution in [0.2, 0.25) is 0 Å². The molecule has 0 radical (unpaired) electrons. The highest BCUT2D eigenvalue weighted by molar-refractivity contribution is 7.89. The second-order valence-corrected chi connectivity index (χ2v) is 7.31. The molecule has 7 heteroatoms. The van der Waals surface area contributed by atoms with Gasteiger partial charge in [-0.15, -0.1) is 0 Å². The zero-order valence-electron chi connectivity index (χ0n) is 13.5. The average molecular weight is 342 g/mol. The first-order chi connectivity index (χ1) is 11.5. The van der Waals surface area contributed by atoms with Gasteiger partial charge < -0.3 is 0 Å². The van der Waals surface area contributed by atoms with Crippen molar-refractivity contribution in [3.63, 3.8) is 0 Å². The third-order valence-electron chi connectivity index (χ3n) is 3.72. The zero-order chi connectivity index (χ0) is 17.2. The highest BCUT2D eigenvalue weighted by atomic mass is 32.2. The van der Waals surface area contributed by atoms with Gasteiger partial charge in [0.2, 0.25) is 10.0 Å². The molecule has 0 aliphatic heterocycles. The number of aryl methyl sites for hydroxylation is 2. The molecule has 0 atom stereocenters. The van der Waals surface area contributed by atoms with Crippen LogP contribution < -0.4 is 4.72 Å². The van der Waals surface area contributed by atoms with Crippen LogP contribution in [0, 0.1) is 13.8 Å². The van der Waals surface area contributed by atoms with Crippen LogP contribution in [-0.4, -0.2) is 23.2 Å². The summed E-state index contributed by atoms with van der Waals surface area (Å²) < 4.78 is 29.0. The SMILES string of the molecule is Cc1ccc(-n2cc(S(=O)(=O)NCc3ncccc3C)cn2)cc1. The molecule has 1 aromatic carbocycles. The van der Waals surface area contributed by atoms with Gasteiger partial charge in [0.1, 0.15) is 4.90 Å². The van der Waals surface area contributed by atoms with E-state index in [2.05, 4.69) is 14.8 Å². The van der Waals surface area contributed by atoms with Crippen molar-refractivity contribution in [1.82, 2.24) is 19.5 Å². The number of benzene rings is 1. The largest absolute Gasteiger partial charge is 0.260 e. The van der Waals surface area contributed by atoms with E-state index in [1.165, 1.54) is 12.4 Å². The molecule has 0 spiro atoms. The Kier molecular flexibility index (Phi) is 4.46. The van der Waals surface area contributed by atoms with Crippen molar-refractivity contribution >= 4 is 10.0 Å². The van der Waals surface area contributed by atoms with Crippen LogP contribution in [0.15, 0.2) is 59.9 Å². The smallest absolute Gasteiger partial charge is 0.244 e. The summed E-state index contributed by atoms with van der Waals surface area (Å²) in [7, 11) is -3.64. The molecule has 1 N–H and O–H groups in total. The van der Waals surface area contributed by atoms with E-state index in [9.17, 15) is 8.42 Å². The Morgan fingerprint density at radius 3 is 2.58 bits per heavy atom. The molecule has 24 heavy (non-hydrogen) atoms. The highest BCUT2D eigenvalue weighted by Crippen LogP contribution is 2.13. The second-order valence-electron chi connectivity index (χ2n) is 5.55. The fourth-order valence-electron chi connectivity index (χ4n) is 2.23. The predicted molar refractivity (Wildman–Crippen MR) is 91.3 cm³/mol. The van der Waals surface area contributed by atoms with Crippen LogP contribution in [0.25, 0.3) is 5.69 Å². The molecule has 124 valence electrons. The predicted octanol–water partition coefficient (Wildman–Crippen LogP) is 2.36. The molecule has 0 saturated carbocycles. The average Bonchev–Trinajstić information content (AvgIpc) is 3.06. The van der Waals surface area contributed by atoms with E-state index in [0.29, 0.717) is 5.69 Å². The molecule has 3 rings (SSSR count). The highest BCUT2D eigenvalue weighted by Gasteiger charge is 2.17. The summed E-state index contributed by atoms with van der Waals surface area (Å²) in [5.41, 5.74) is 3.58. The van der Waals surface area contributed by atoms with E-state index >= 15 is 0 Å². The fraction of sp³-hybridized carbons (Fsp3) is 0.176. The number of pyridine rings is 1. The summed E-state index contributed by atoms with van der Waals surface area (Å²) in [4.78, 5) is 4.31. The minimum atomic E-state index is -3.64. The number of hydrogen-bond acceptors (Lipinski definition) is 4. The summed E-state index contributed by atoms with van der Waals surface area (Å²) in [5, 5.41) is 4.14. The van der Waals surface area contributed by atoms with Crippen LogP contribution in [0.4, 0.5) is 0 Å². The molecule has 2 heterocycles. The fourth-order valence-corrected chi connectivity index (χ4v) is 3.15. The Labute approximate surface area is 141 Å². The van der Waals surface area contributed by atoms with Gasteiger partial charge in [-0.3, -0.25) is 4.98 Å². The first-order valence-corrected chi connectivity index (χ1v) is 8.96. The molecule has 0 unspecified atom stereocenters. The number of rotatable bonds is 5. The van der Waals surface area contributed by atoms with Gasteiger partial charge in [-0.1, -0.05) is 23.8 Å². The minimum absolute atomic E-state index is 0.122. The van der Waals surface area contributed by atoms with Crippen LogP contribution in [0.1, 0.15) is 16.8 Å². The van der Waals surface area contributed by atoms with E-state index in [1.807, 2.05) is 50.2 Å². The topological polar surface area (TPSA) is 76.9 Å². The van der Waals surface area contributed by atoms with E-state index in [0.717, 1.165) is 16.8 Å². The molecule has 0 aliphatic carbocycles. The van der Waals surface area contributed by atoms with Gasteiger partial charge in [0.25, 0.3) is 0 Å². The van der Waals surface area contributed by atoms with Crippen molar-refractivity contribution in [3.8, 4) is 5.69 Å². The lowest BCUT2D eigenvalue weighted by molar-refractivity contribution is 0.580. The van der Waals surface area contributed by atoms with E-state index in [4.69, 9.17) is 0 Å². The maximum atomic E-state index is 12.4. The summed E-state index contributed by atoms with van der Waals surface area (Å²) in [5.74, 6) is 0. The van der Waals surface area contributed by atoms with E-state index in [-0.39, 0.29) is 11.4 Å². The molecular formula is C17H18N4O2S. The lowest BCUT2D eigenvalue weighted by Crippen LogP contribution is -2.23. The van der Waals surface area contributed by atoms with Crippen LogP contribution >= 0.6 is 0 Å². The Morgan fingerprint density at radius 1 is 1.12 bits per heavy atom. The zero-order valence-corrected chi connectivity index (χ0v) is 14.3. The quantitative estimate of drug-likeness (QED) is 0.772. The Balaban J connectivity index is 1.78. The molecule has 0 saturated heterocycles. The van der Waals surface area contributed by atoms with Gasteiger partial charge in [-0.2, -0.15) is 5.10 Å². The van der Waals surface area contributed by atoms with Crippen molar-refractivity contribution in [2.75, 3.05) is 0 Å². The number of sulfonamides is 1. The van der Waals surface area contributed by atoms with Crippen molar-refractivity contribution < 1.29 is 8.42 Å². The normalized spacial score (nSPS) is 11.6. The number of nitrogens with one attached hydrogen (secondary N) is 1. The molecule has 0 fully saturated rings. The van der Waals surface area contributed by atoms with Gasteiger partial charge in [-0.05, 0) is 37.6 Å². The lowest BCUT2D eigenvalue weighted by Gasteiger charge is -2.06. The molecular weight excluding hydrogens is 324 g/mol. The minimum Gasteiger partial charge on any atom is -0.260 e. The molecule has 3 aromatic rings. The Bertz CT molecular complexity index is 947. The summed E-state index contributed by atoms with van der Waals surface area (Å²) >= 11 is 0. The number of nitrogens with zero attached hydrogens (tertiary/aromatic N) is 3. The molecule has 0 aliphatic rings. The van der Waals surface area contributed by atoms with E-state index in [1.54, 1.807) is 10.9 Å². The Hall–Kier alpha value is -2.51. The van der Waals surface area contributed by atoms with Gasteiger partial charge in [0.05, 0.1) is 30.3 Å². The molecule has 2 aromatic heterocycles. The van der Waals surface area contributed by atoms with Gasteiger partial charge in [0.15, 0.2) is 0 Å². The first-order valence-electron chi connectivity index (χ1n) is 7.47. The second kappa shape index (κ2) is 6.54. The number of aromatic nitrogens is 3. The third-order valence-corrected chi connectivity index (χ3v) is 5.07. The van der Waals surface area contributed by atoms with E-state index < -0.39 is 10.0 Å². The standard InChI is InChI=1S/C17H18N4O2S/c1-13-5-7-15(8-6-13)21-12-16(10-19-21)24(22,23)20-11-17-14(2)4-3-9-18-17/h3-10,12,20H,11H2,1-2H3. The summed E-state index contributed by atoms with van der Waals surface area (Å²) in [6.07, 6.45) is 4.48.